The average Bonchev–Trinajstić information content (AvgIpc) is 2.85. The number of nitrogens with zero attached hydrogens (tertiary/aromatic N) is 1. The summed E-state index contributed by atoms with van der Waals surface area (Å²) >= 11 is 0. The zero-order chi connectivity index (χ0) is 12.0. The summed E-state index contributed by atoms with van der Waals surface area (Å²) in [6.07, 6.45) is 1.92. The highest BCUT2D eigenvalue weighted by Crippen LogP contribution is 2.32. The van der Waals surface area contributed by atoms with E-state index < -0.39 is 0 Å². The van der Waals surface area contributed by atoms with E-state index in [1.807, 2.05) is 18.2 Å². The third-order valence-corrected chi connectivity index (χ3v) is 3.58. The molecule has 88 valence electrons. The Labute approximate surface area is 99.6 Å². The number of fused-ring (bicyclic) bond motifs is 1. The molecule has 2 aliphatic rings. The van der Waals surface area contributed by atoms with Crippen molar-refractivity contribution in [3.05, 3.63) is 29.3 Å². The van der Waals surface area contributed by atoms with Crippen molar-refractivity contribution >= 4 is 17.5 Å². The number of benzene rings is 1. The summed E-state index contributed by atoms with van der Waals surface area (Å²) in [5.74, 6) is 0.247. The quantitative estimate of drug-likeness (QED) is 0.787. The van der Waals surface area contributed by atoms with Gasteiger partial charge in [-0.3, -0.25) is 9.59 Å². The fourth-order valence-electron chi connectivity index (χ4n) is 2.57. The van der Waals surface area contributed by atoms with Crippen LogP contribution in [0, 0.1) is 0 Å². The van der Waals surface area contributed by atoms with Gasteiger partial charge in [-0.2, -0.15) is 0 Å². The van der Waals surface area contributed by atoms with Gasteiger partial charge in [-0.05, 0) is 23.6 Å². The third-order valence-electron chi connectivity index (χ3n) is 3.58. The minimum atomic E-state index is 0.115. The van der Waals surface area contributed by atoms with Crippen molar-refractivity contribution in [3.8, 4) is 0 Å². The van der Waals surface area contributed by atoms with E-state index in [4.69, 9.17) is 0 Å². The Bertz CT molecular complexity index is 510. The van der Waals surface area contributed by atoms with E-state index in [-0.39, 0.29) is 17.9 Å². The average molecular weight is 230 g/mol. The maximum Gasteiger partial charge on any atom is 0.231 e. The minimum Gasteiger partial charge on any atom is -0.349 e. The first-order valence-corrected chi connectivity index (χ1v) is 5.84. The number of hydrogen-bond donors (Lipinski definition) is 1. The summed E-state index contributed by atoms with van der Waals surface area (Å²) in [7, 11) is 1.80. The lowest BCUT2D eigenvalue weighted by Gasteiger charge is -2.13. The van der Waals surface area contributed by atoms with E-state index >= 15 is 0 Å². The number of likely N-dealkylation sites (N-methyl/N-ethyl adjacent to an activating group) is 1. The number of rotatable bonds is 1. The first-order valence-electron chi connectivity index (χ1n) is 5.84. The van der Waals surface area contributed by atoms with Crippen LogP contribution in [0.1, 0.15) is 30.0 Å². The molecule has 2 amide bonds. The summed E-state index contributed by atoms with van der Waals surface area (Å²) in [5.41, 5.74) is 3.16. The van der Waals surface area contributed by atoms with Gasteiger partial charge in [0.15, 0.2) is 0 Å². The maximum atomic E-state index is 11.6. The molecule has 2 heterocycles. The molecule has 3 rings (SSSR count). The van der Waals surface area contributed by atoms with E-state index in [0.717, 1.165) is 23.2 Å². The largest absolute Gasteiger partial charge is 0.349 e. The molecule has 0 aromatic heterocycles. The molecule has 0 aliphatic carbocycles. The van der Waals surface area contributed by atoms with Gasteiger partial charge in [-0.15, -0.1) is 0 Å². The van der Waals surface area contributed by atoms with Crippen LogP contribution in [0.2, 0.25) is 0 Å². The predicted octanol–water partition coefficient (Wildman–Crippen LogP) is 1.16. The second-order valence-electron chi connectivity index (χ2n) is 4.68. The van der Waals surface area contributed by atoms with Gasteiger partial charge < -0.3 is 10.2 Å². The molecule has 0 saturated carbocycles. The molecule has 1 saturated heterocycles. The van der Waals surface area contributed by atoms with Crippen molar-refractivity contribution in [3.63, 3.8) is 0 Å². The second-order valence-corrected chi connectivity index (χ2v) is 4.68. The van der Waals surface area contributed by atoms with E-state index in [1.54, 1.807) is 11.9 Å². The van der Waals surface area contributed by atoms with Crippen molar-refractivity contribution < 1.29 is 9.59 Å². The molecule has 1 unspecified atom stereocenters. The Morgan fingerprint density at radius 1 is 1.35 bits per heavy atom. The number of carbonyl (C=O) groups is 2. The lowest BCUT2D eigenvalue weighted by Crippen LogP contribution is -2.20. The number of nitrogens with one attached hydrogen (secondary N) is 1. The molecule has 0 radical (unpaired) electrons. The molecular formula is C13H14N2O2. The monoisotopic (exact) mass is 230 g/mol. The van der Waals surface area contributed by atoms with Gasteiger partial charge >= 0.3 is 0 Å². The molecule has 1 aromatic carbocycles. The minimum absolute atomic E-state index is 0.115. The van der Waals surface area contributed by atoms with Crippen LogP contribution in [0.3, 0.4) is 0 Å². The summed E-state index contributed by atoms with van der Waals surface area (Å²) in [4.78, 5) is 24.4. The highest BCUT2D eigenvalue weighted by atomic mass is 16.2. The fraction of sp³-hybridized carbons (Fsp3) is 0.385. The van der Waals surface area contributed by atoms with Gasteiger partial charge in [-0.1, -0.05) is 12.1 Å². The van der Waals surface area contributed by atoms with Gasteiger partial charge in [-0.25, -0.2) is 0 Å². The topological polar surface area (TPSA) is 49.4 Å². The van der Waals surface area contributed by atoms with Gasteiger partial charge in [0.2, 0.25) is 11.8 Å². The van der Waals surface area contributed by atoms with E-state index in [0.29, 0.717) is 12.8 Å². The van der Waals surface area contributed by atoms with Crippen molar-refractivity contribution in [2.45, 2.75) is 25.3 Å². The maximum absolute atomic E-state index is 11.6. The van der Waals surface area contributed by atoms with Gasteiger partial charge in [0, 0.05) is 19.2 Å². The summed E-state index contributed by atoms with van der Waals surface area (Å²) in [6.45, 7) is 0. The molecule has 4 nitrogen and oxygen atoms in total. The molecule has 2 aliphatic heterocycles. The number of carbonyl (C=O) groups excluding carboxylic acids is 2. The number of hydrogen-bond acceptors (Lipinski definition) is 2. The molecule has 0 bridgehead atoms. The van der Waals surface area contributed by atoms with E-state index in [9.17, 15) is 9.59 Å². The zero-order valence-corrected chi connectivity index (χ0v) is 9.69. The fourth-order valence-corrected chi connectivity index (χ4v) is 2.57. The number of anilines is 1. The van der Waals surface area contributed by atoms with E-state index in [1.165, 1.54) is 0 Å². The van der Waals surface area contributed by atoms with Crippen molar-refractivity contribution in [1.82, 2.24) is 5.32 Å². The molecular weight excluding hydrogens is 216 g/mol. The Kier molecular flexibility index (Phi) is 2.18. The summed E-state index contributed by atoms with van der Waals surface area (Å²) in [6, 6.07) is 6.14. The molecule has 17 heavy (non-hydrogen) atoms. The molecule has 0 spiro atoms. The highest BCUT2D eigenvalue weighted by molar-refractivity contribution is 6.01. The van der Waals surface area contributed by atoms with Crippen molar-refractivity contribution in [2.24, 2.45) is 0 Å². The molecule has 1 aromatic rings. The molecule has 1 fully saturated rings. The van der Waals surface area contributed by atoms with E-state index in [2.05, 4.69) is 5.32 Å². The standard InChI is InChI=1S/C13H14N2O2/c1-15-11-4-2-8(6-9(11)7-13(15)17)10-3-5-12(16)14-10/h2,4,6,10H,3,5,7H2,1H3,(H,14,16). The summed E-state index contributed by atoms with van der Waals surface area (Å²) in [5, 5.41) is 2.95. The predicted molar refractivity (Wildman–Crippen MR) is 63.7 cm³/mol. The number of amides is 2. The zero-order valence-electron chi connectivity index (χ0n) is 9.69. The van der Waals surface area contributed by atoms with Crippen LogP contribution < -0.4 is 10.2 Å². The van der Waals surface area contributed by atoms with Crippen LogP contribution in [-0.2, 0) is 16.0 Å². The smallest absolute Gasteiger partial charge is 0.231 e. The van der Waals surface area contributed by atoms with Crippen LogP contribution in [0.5, 0.6) is 0 Å². The van der Waals surface area contributed by atoms with Crippen LogP contribution >= 0.6 is 0 Å². The third kappa shape index (κ3) is 1.60. The van der Waals surface area contributed by atoms with Crippen LogP contribution in [0.25, 0.3) is 0 Å². The molecule has 4 heteroatoms. The van der Waals surface area contributed by atoms with Crippen LogP contribution in [0.4, 0.5) is 5.69 Å². The Morgan fingerprint density at radius 3 is 2.88 bits per heavy atom. The first-order chi connectivity index (χ1) is 8.15. The van der Waals surface area contributed by atoms with Crippen molar-refractivity contribution in [1.29, 1.82) is 0 Å². The first kappa shape index (κ1) is 10.3. The SMILES string of the molecule is CN1C(=O)Cc2cc(C3CCC(=O)N3)ccc21. The lowest BCUT2D eigenvalue weighted by molar-refractivity contribution is -0.119. The Balaban J connectivity index is 1.92. The van der Waals surface area contributed by atoms with Crippen LogP contribution in [-0.4, -0.2) is 18.9 Å². The Hall–Kier alpha value is -1.84. The van der Waals surface area contributed by atoms with Crippen molar-refractivity contribution in [2.75, 3.05) is 11.9 Å². The van der Waals surface area contributed by atoms with Gasteiger partial charge in [0.1, 0.15) is 0 Å². The highest BCUT2D eigenvalue weighted by Gasteiger charge is 2.27. The van der Waals surface area contributed by atoms with Gasteiger partial charge in [0.05, 0.1) is 12.5 Å². The molecule has 1 atom stereocenters. The molecule has 1 N–H and O–H groups in total. The normalized spacial score (nSPS) is 22.9. The second kappa shape index (κ2) is 3.58. The lowest BCUT2D eigenvalue weighted by atomic mass is 10.0. The Morgan fingerprint density at radius 2 is 2.18 bits per heavy atom. The summed E-state index contributed by atoms with van der Waals surface area (Å²) < 4.78 is 0. The van der Waals surface area contributed by atoms with Crippen LogP contribution in [0.15, 0.2) is 18.2 Å². The van der Waals surface area contributed by atoms with Gasteiger partial charge in [0.25, 0.3) is 0 Å².